The highest BCUT2D eigenvalue weighted by Crippen LogP contribution is 2.22. The van der Waals surface area contributed by atoms with Gasteiger partial charge in [-0.05, 0) is 38.0 Å². The molecule has 2 rings (SSSR count). The molecule has 2 atom stereocenters. The van der Waals surface area contributed by atoms with Crippen molar-refractivity contribution in [3.8, 4) is 0 Å². The summed E-state index contributed by atoms with van der Waals surface area (Å²) < 4.78 is 11.6. The van der Waals surface area contributed by atoms with Crippen LogP contribution in [0.3, 0.4) is 0 Å². The Labute approximate surface area is 105 Å². The van der Waals surface area contributed by atoms with Crippen LogP contribution in [-0.2, 0) is 9.47 Å². The van der Waals surface area contributed by atoms with Gasteiger partial charge in [-0.1, -0.05) is 13.8 Å². The highest BCUT2D eigenvalue weighted by atomic mass is 16.5. The minimum Gasteiger partial charge on any atom is -0.379 e. The molecule has 1 saturated carbocycles. The summed E-state index contributed by atoms with van der Waals surface area (Å²) >= 11 is 0. The first-order valence-corrected chi connectivity index (χ1v) is 7.20. The molecule has 1 aliphatic heterocycles. The second kappa shape index (κ2) is 6.72. The van der Waals surface area contributed by atoms with Gasteiger partial charge >= 0.3 is 0 Å². The van der Waals surface area contributed by atoms with Crippen LogP contribution < -0.4 is 5.32 Å². The summed E-state index contributed by atoms with van der Waals surface area (Å²) in [6.45, 7) is 7.16. The standard InChI is InChI=1S/C14H27NO2/c1-11(2)7-8-16-10-14-6-5-13(17-14)9-15-12-3-4-12/h11-15H,3-10H2,1-2H3. The summed E-state index contributed by atoms with van der Waals surface area (Å²) in [5.41, 5.74) is 0. The molecular weight excluding hydrogens is 214 g/mol. The molecule has 2 unspecified atom stereocenters. The molecule has 100 valence electrons. The van der Waals surface area contributed by atoms with E-state index in [1.807, 2.05) is 0 Å². The van der Waals surface area contributed by atoms with Crippen molar-refractivity contribution < 1.29 is 9.47 Å². The van der Waals surface area contributed by atoms with Crippen molar-refractivity contribution in [2.75, 3.05) is 19.8 Å². The van der Waals surface area contributed by atoms with E-state index in [0.29, 0.717) is 12.2 Å². The fourth-order valence-corrected chi connectivity index (χ4v) is 2.17. The maximum absolute atomic E-state index is 5.96. The lowest BCUT2D eigenvalue weighted by atomic mass is 10.1. The molecule has 0 spiro atoms. The molecule has 3 nitrogen and oxygen atoms in total. The first-order valence-electron chi connectivity index (χ1n) is 7.20. The lowest BCUT2D eigenvalue weighted by Crippen LogP contribution is -2.29. The monoisotopic (exact) mass is 241 g/mol. The average molecular weight is 241 g/mol. The zero-order valence-corrected chi connectivity index (χ0v) is 11.3. The summed E-state index contributed by atoms with van der Waals surface area (Å²) in [7, 11) is 0. The molecule has 0 aromatic carbocycles. The van der Waals surface area contributed by atoms with Gasteiger partial charge in [0, 0.05) is 19.2 Å². The molecule has 17 heavy (non-hydrogen) atoms. The van der Waals surface area contributed by atoms with Crippen molar-refractivity contribution in [2.45, 2.75) is 64.2 Å². The van der Waals surface area contributed by atoms with Gasteiger partial charge in [0.15, 0.2) is 0 Å². The maximum atomic E-state index is 5.96. The third-order valence-corrected chi connectivity index (χ3v) is 3.55. The zero-order chi connectivity index (χ0) is 12.1. The van der Waals surface area contributed by atoms with Gasteiger partial charge in [-0.3, -0.25) is 0 Å². The topological polar surface area (TPSA) is 30.5 Å². The Bertz CT molecular complexity index is 216. The molecule has 0 bridgehead atoms. The maximum Gasteiger partial charge on any atom is 0.0813 e. The summed E-state index contributed by atoms with van der Waals surface area (Å²) in [6.07, 6.45) is 6.99. The first-order chi connectivity index (χ1) is 8.24. The molecule has 0 radical (unpaired) electrons. The van der Waals surface area contributed by atoms with Crippen LogP contribution in [0.1, 0.15) is 46.0 Å². The van der Waals surface area contributed by atoms with Crippen LogP contribution in [0.4, 0.5) is 0 Å². The van der Waals surface area contributed by atoms with Crippen LogP contribution in [0.25, 0.3) is 0 Å². The van der Waals surface area contributed by atoms with E-state index in [9.17, 15) is 0 Å². The van der Waals surface area contributed by atoms with Gasteiger partial charge in [0.2, 0.25) is 0 Å². The van der Waals surface area contributed by atoms with E-state index in [0.717, 1.165) is 38.1 Å². The van der Waals surface area contributed by atoms with Crippen LogP contribution in [0, 0.1) is 5.92 Å². The summed E-state index contributed by atoms with van der Waals surface area (Å²) in [6, 6.07) is 0.792. The van der Waals surface area contributed by atoms with Crippen LogP contribution in [0.2, 0.25) is 0 Å². The van der Waals surface area contributed by atoms with Crippen molar-refractivity contribution in [1.82, 2.24) is 5.32 Å². The Morgan fingerprint density at radius 2 is 1.94 bits per heavy atom. The molecule has 0 amide bonds. The Kier molecular flexibility index (Phi) is 5.26. The Balaban J connectivity index is 1.48. The van der Waals surface area contributed by atoms with E-state index in [1.165, 1.54) is 25.7 Å². The van der Waals surface area contributed by atoms with Crippen molar-refractivity contribution >= 4 is 0 Å². The minimum absolute atomic E-state index is 0.341. The number of rotatable bonds is 8. The fraction of sp³-hybridized carbons (Fsp3) is 1.00. The van der Waals surface area contributed by atoms with E-state index in [2.05, 4.69) is 19.2 Å². The predicted octanol–water partition coefficient (Wildman–Crippen LogP) is 2.35. The lowest BCUT2D eigenvalue weighted by Gasteiger charge is -2.15. The molecule has 1 N–H and O–H groups in total. The molecule has 2 aliphatic rings. The Morgan fingerprint density at radius 3 is 2.65 bits per heavy atom. The average Bonchev–Trinajstić information content (AvgIpc) is 3.01. The molecular formula is C14H27NO2. The Hall–Kier alpha value is -0.120. The van der Waals surface area contributed by atoms with Gasteiger partial charge in [-0.15, -0.1) is 0 Å². The summed E-state index contributed by atoms with van der Waals surface area (Å²) in [5, 5.41) is 3.54. The summed E-state index contributed by atoms with van der Waals surface area (Å²) in [4.78, 5) is 0. The minimum atomic E-state index is 0.341. The van der Waals surface area contributed by atoms with Gasteiger partial charge in [-0.2, -0.15) is 0 Å². The quantitative estimate of drug-likeness (QED) is 0.662. The first kappa shape index (κ1) is 13.3. The Morgan fingerprint density at radius 1 is 1.18 bits per heavy atom. The molecule has 2 fully saturated rings. The molecule has 3 heteroatoms. The van der Waals surface area contributed by atoms with E-state index < -0.39 is 0 Å². The van der Waals surface area contributed by atoms with Gasteiger partial charge < -0.3 is 14.8 Å². The summed E-state index contributed by atoms with van der Waals surface area (Å²) in [5.74, 6) is 0.731. The lowest BCUT2D eigenvalue weighted by molar-refractivity contribution is -0.0162. The molecule has 1 heterocycles. The number of ether oxygens (including phenoxy) is 2. The van der Waals surface area contributed by atoms with Gasteiger partial charge in [0.25, 0.3) is 0 Å². The van der Waals surface area contributed by atoms with Gasteiger partial charge in [0.05, 0.1) is 18.8 Å². The third kappa shape index (κ3) is 5.36. The third-order valence-electron chi connectivity index (χ3n) is 3.55. The second-order valence-electron chi connectivity index (χ2n) is 5.90. The zero-order valence-electron chi connectivity index (χ0n) is 11.3. The number of hydrogen-bond acceptors (Lipinski definition) is 3. The highest BCUT2D eigenvalue weighted by Gasteiger charge is 2.27. The van der Waals surface area contributed by atoms with Gasteiger partial charge in [0.1, 0.15) is 0 Å². The highest BCUT2D eigenvalue weighted by molar-refractivity contribution is 4.84. The predicted molar refractivity (Wildman–Crippen MR) is 69.2 cm³/mol. The van der Waals surface area contributed by atoms with E-state index >= 15 is 0 Å². The van der Waals surface area contributed by atoms with Crippen LogP contribution in [0.15, 0.2) is 0 Å². The van der Waals surface area contributed by atoms with Crippen LogP contribution in [0.5, 0.6) is 0 Å². The van der Waals surface area contributed by atoms with Crippen LogP contribution >= 0.6 is 0 Å². The number of hydrogen-bond donors (Lipinski definition) is 1. The molecule has 1 saturated heterocycles. The normalized spacial score (nSPS) is 29.1. The smallest absolute Gasteiger partial charge is 0.0813 e. The van der Waals surface area contributed by atoms with Crippen molar-refractivity contribution in [3.63, 3.8) is 0 Å². The second-order valence-corrected chi connectivity index (χ2v) is 5.90. The van der Waals surface area contributed by atoms with E-state index in [4.69, 9.17) is 9.47 Å². The molecule has 0 aromatic heterocycles. The van der Waals surface area contributed by atoms with Gasteiger partial charge in [-0.25, -0.2) is 0 Å². The van der Waals surface area contributed by atoms with E-state index in [1.54, 1.807) is 0 Å². The van der Waals surface area contributed by atoms with Crippen LogP contribution in [-0.4, -0.2) is 38.0 Å². The van der Waals surface area contributed by atoms with Crippen molar-refractivity contribution in [3.05, 3.63) is 0 Å². The van der Waals surface area contributed by atoms with E-state index in [-0.39, 0.29) is 0 Å². The van der Waals surface area contributed by atoms with Crippen molar-refractivity contribution in [2.24, 2.45) is 5.92 Å². The SMILES string of the molecule is CC(C)CCOCC1CCC(CNC2CC2)O1. The molecule has 0 aromatic rings. The fourth-order valence-electron chi connectivity index (χ4n) is 2.17. The number of nitrogens with one attached hydrogen (secondary N) is 1. The molecule has 1 aliphatic carbocycles. The largest absolute Gasteiger partial charge is 0.379 e. The van der Waals surface area contributed by atoms with Crippen molar-refractivity contribution in [1.29, 1.82) is 0 Å².